The zero-order valence-electron chi connectivity index (χ0n) is 28.1. The van der Waals surface area contributed by atoms with Gasteiger partial charge in [0.1, 0.15) is 23.2 Å². The van der Waals surface area contributed by atoms with Crippen LogP contribution in [0, 0.1) is 5.82 Å². The van der Waals surface area contributed by atoms with Gasteiger partial charge in [-0.3, -0.25) is 5.32 Å². The summed E-state index contributed by atoms with van der Waals surface area (Å²) in [5, 5.41) is 6.17. The lowest BCUT2D eigenvalue weighted by Gasteiger charge is -2.19. The Morgan fingerprint density at radius 3 is 2.31 bits per heavy atom. The number of hydrogen-bond donors (Lipinski definition) is 2. The van der Waals surface area contributed by atoms with Crippen molar-refractivity contribution in [2.24, 2.45) is 0 Å². The summed E-state index contributed by atoms with van der Waals surface area (Å²) in [7, 11) is 0. The van der Waals surface area contributed by atoms with Crippen LogP contribution in [0.15, 0.2) is 85.1 Å². The minimum atomic E-state index is -0.549. The summed E-state index contributed by atoms with van der Waals surface area (Å²) in [6.07, 6.45) is 8.16. The van der Waals surface area contributed by atoms with Crippen molar-refractivity contribution in [3.63, 3.8) is 0 Å². The molecule has 2 heterocycles. The summed E-state index contributed by atoms with van der Waals surface area (Å²) in [5.41, 5.74) is 3.75. The average Bonchev–Trinajstić information content (AvgIpc) is 3.37. The minimum Gasteiger partial charge on any atom is -0.491 e. The predicted molar refractivity (Wildman–Crippen MR) is 185 cm³/mol. The van der Waals surface area contributed by atoms with E-state index in [1.165, 1.54) is 6.07 Å². The van der Waals surface area contributed by atoms with Crippen LogP contribution in [-0.4, -0.2) is 41.8 Å². The van der Waals surface area contributed by atoms with Gasteiger partial charge in [-0.25, -0.2) is 19.0 Å². The molecule has 0 radical (unpaired) electrons. The molecule has 0 saturated carbocycles. The molecular weight excluding hydrogens is 607 g/mol. The van der Waals surface area contributed by atoms with E-state index in [0.29, 0.717) is 37.4 Å². The van der Waals surface area contributed by atoms with Crippen LogP contribution in [0.5, 0.6) is 5.75 Å². The predicted octanol–water partition coefficient (Wildman–Crippen LogP) is 7.69. The van der Waals surface area contributed by atoms with Crippen LogP contribution in [-0.2, 0) is 17.6 Å². The maximum Gasteiger partial charge on any atom is 0.407 e. The second-order valence-corrected chi connectivity index (χ2v) is 13.2. The van der Waals surface area contributed by atoms with Gasteiger partial charge in [0.25, 0.3) is 0 Å². The Bertz CT molecular complexity index is 1680. The molecule has 0 spiro atoms. The van der Waals surface area contributed by atoms with Crippen molar-refractivity contribution in [1.29, 1.82) is 0 Å². The van der Waals surface area contributed by atoms with Gasteiger partial charge in [-0.2, -0.15) is 4.57 Å². The first-order chi connectivity index (χ1) is 23.2. The van der Waals surface area contributed by atoms with Crippen LogP contribution in [0.3, 0.4) is 0 Å². The zero-order chi connectivity index (χ0) is 33.9. The number of hydrogen-bond acceptors (Lipinski definition) is 6. The van der Waals surface area contributed by atoms with Gasteiger partial charge in [0.2, 0.25) is 0 Å². The van der Waals surface area contributed by atoms with Crippen molar-refractivity contribution in [2.45, 2.75) is 83.8 Å². The Labute approximate surface area is 282 Å². The first-order valence-corrected chi connectivity index (χ1v) is 16.9. The molecule has 48 heavy (non-hydrogen) atoms. The normalized spacial score (nSPS) is 13.9. The van der Waals surface area contributed by atoms with E-state index in [9.17, 15) is 9.59 Å². The summed E-state index contributed by atoms with van der Waals surface area (Å²) >= 11 is 0. The summed E-state index contributed by atoms with van der Waals surface area (Å²) in [6.45, 7) is 6.57. The van der Waals surface area contributed by atoms with E-state index in [2.05, 4.69) is 10.6 Å². The Morgan fingerprint density at radius 1 is 0.917 bits per heavy atom. The smallest absolute Gasteiger partial charge is 0.407 e. The Hall–Kier alpha value is -4.79. The molecule has 4 aromatic rings. The van der Waals surface area contributed by atoms with Crippen molar-refractivity contribution in [3.8, 4) is 17.0 Å². The van der Waals surface area contributed by atoms with Gasteiger partial charge in [0, 0.05) is 24.9 Å². The lowest BCUT2D eigenvalue weighted by molar-refractivity contribution is -0.552. The van der Waals surface area contributed by atoms with Gasteiger partial charge in [0.05, 0.1) is 6.61 Å². The van der Waals surface area contributed by atoms with Gasteiger partial charge in [-0.1, -0.05) is 92.4 Å². The largest absolute Gasteiger partial charge is 0.491 e. The van der Waals surface area contributed by atoms with Crippen molar-refractivity contribution in [2.75, 3.05) is 18.5 Å². The highest BCUT2D eigenvalue weighted by Gasteiger charge is 2.41. The van der Waals surface area contributed by atoms with Crippen LogP contribution >= 0.6 is 0 Å². The standard InChI is InChI=1S/C39H45FN4O4/c1-39(2,3)48-38(46)41-22-14-6-4-5-7-15-23-47-35-21-20-29(24-31(35)40)26-33-37(45)44-27-34(30-18-12-9-13-19-30)42-32(36(44)43-33)25-28-16-10-8-11-17-28/h8-13,16-21,24,27,33H,4-7,14-15,22-23,25-26H2,1-3H3,(H,41,46)/p+1. The van der Waals surface area contributed by atoms with E-state index >= 15 is 4.39 Å². The summed E-state index contributed by atoms with van der Waals surface area (Å²) < 4.78 is 27.7. The number of carbonyl (C=O) groups is 2. The number of aromatic nitrogens is 2. The van der Waals surface area contributed by atoms with E-state index in [0.717, 1.165) is 61.0 Å². The highest BCUT2D eigenvalue weighted by molar-refractivity contribution is 5.82. The molecule has 8 nitrogen and oxygen atoms in total. The maximum atomic E-state index is 15.0. The van der Waals surface area contributed by atoms with Crippen molar-refractivity contribution >= 4 is 17.8 Å². The van der Waals surface area contributed by atoms with E-state index < -0.39 is 17.5 Å². The molecule has 0 saturated heterocycles. The van der Waals surface area contributed by atoms with Crippen LogP contribution in [0.2, 0.25) is 0 Å². The van der Waals surface area contributed by atoms with Gasteiger partial charge in [0.15, 0.2) is 17.6 Å². The molecule has 1 unspecified atom stereocenters. The van der Waals surface area contributed by atoms with Gasteiger partial charge in [-0.15, -0.1) is 0 Å². The molecule has 2 N–H and O–H groups in total. The summed E-state index contributed by atoms with van der Waals surface area (Å²) in [4.78, 5) is 30.3. The maximum absolute atomic E-state index is 15.0. The van der Waals surface area contributed by atoms with Crippen LogP contribution in [0.4, 0.5) is 15.0 Å². The van der Waals surface area contributed by atoms with Crippen molar-refractivity contribution in [1.82, 2.24) is 10.3 Å². The van der Waals surface area contributed by atoms with Gasteiger partial charge in [-0.05, 0) is 56.9 Å². The van der Waals surface area contributed by atoms with Crippen LogP contribution in [0.1, 0.15) is 80.9 Å². The fraction of sp³-hybridized carbons (Fsp3) is 0.385. The molecule has 1 aromatic heterocycles. The third-order valence-electron chi connectivity index (χ3n) is 8.08. The number of amides is 1. The van der Waals surface area contributed by atoms with E-state index in [-0.39, 0.29) is 17.7 Å². The second-order valence-electron chi connectivity index (χ2n) is 13.2. The second kappa shape index (κ2) is 16.4. The fourth-order valence-electron chi connectivity index (χ4n) is 5.72. The number of nitrogens with zero attached hydrogens (tertiary/aromatic N) is 2. The third kappa shape index (κ3) is 9.86. The minimum absolute atomic E-state index is 0.0982. The molecule has 1 amide bonds. The topological polar surface area (TPSA) is 93.4 Å². The molecule has 0 fully saturated rings. The SMILES string of the molecule is CC(C)(C)OC(=O)NCCCCCCCCOc1ccc(CC2Nc3c(Cc4ccccc4)nc(-c4ccccc4)c[n+]3C2=O)cc1F. The first-order valence-electron chi connectivity index (χ1n) is 16.9. The monoisotopic (exact) mass is 653 g/mol. The van der Waals surface area contributed by atoms with Gasteiger partial charge >= 0.3 is 17.8 Å². The number of unbranched alkanes of at least 4 members (excludes halogenated alkanes) is 5. The molecule has 1 aliphatic heterocycles. The number of alkyl carbamates (subject to hydrolysis) is 1. The summed E-state index contributed by atoms with van der Waals surface area (Å²) in [5.74, 6) is 0.362. The highest BCUT2D eigenvalue weighted by atomic mass is 19.1. The van der Waals surface area contributed by atoms with Crippen LogP contribution < -0.4 is 19.9 Å². The van der Waals surface area contributed by atoms with Crippen LogP contribution in [0.25, 0.3) is 11.3 Å². The lowest BCUT2D eigenvalue weighted by atomic mass is 10.1. The number of anilines is 1. The number of carbonyl (C=O) groups excluding carboxylic acids is 2. The molecule has 252 valence electrons. The molecular formula is C39H46FN4O4+. The number of ether oxygens (including phenoxy) is 2. The number of benzene rings is 3. The summed E-state index contributed by atoms with van der Waals surface area (Å²) in [6, 6.07) is 24.3. The van der Waals surface area contributed by atoms with E-state index in [1.54, 1.807) is 16.8 Å². The Kier molecular flexibility index (Phi) is 11.8. The fourth-order valence-corrected chi connectivity index (χ4v) is 5.72. The average molecular weight is 654 g/mol. The number of nitrogens with one attached hydrogen (secondary N) is 2. The third-order valence-corrected chi connectivity index (χ3v) is 8.08. The van der Waals surface area contributed by atoms with Crippen molar-refractivity contribution in [3.05, 3.63) is 108 Å². The van der Waals surface area contributed by atoms with E-state index in [1.807, 2.05) is 87.5 Å². The molecule has 9 heteroatoms. The Balaban J connectivity index is 1.10. The molecule has 1 aliphatic rings. The molecule has 0 bridgehead atoms. The molecule has 0 aliphatic carbocycles. The number of fused-ring (bicyclic) bond motifs is 1. The molecule has 5 rings (SSSR count). The zero-order valence-corrected chi connectivity index (χ0v) is 28.1. The first kappa shape index (κ1) is 34.5. The van der Waals surface area contributed by atoms with Gasteiger partial charge < -0.3 is 14.8 Å². The highest BCUT2D eigenvalue weighted by Crippen LogP contribution is 2.26. The number of rotatable bonds is 15. The lowest BCUT2D eigenvalue weighted by Crippen LogP contribution is -2.44. The van der Waals surface area contributed by atoms with Crippen molar-refractivity contribution < 1.29 is 28.0 Å². The quantitative estimate of drug-likeness (QED) is 0.101. The molecule has 1 atom stereocenters. The molecule has 3 aromatic carbocycles. The Morgan fingerprint density at radius 2 is 1.60 bits per heavy atom. The van der Waals surface area contributed by atoms with E-state index in [4.69, 9.17) is 14.5 Å². The number of halogens is 1.